The highest BCUT2D eigenvalue weighted by molar-refractivity contribution is 7.99. The Bertz CT molecular complexity index is 358. The van der Waals surface area contributed by atoms with Crippen molar-refractivity contribution in [1.29, 1.82) is 0 Å². The Hall–Kier alpha value is -0.510. The lowest BCUT2D eigenvalue weighted by Crippen LogP contribution is -2.29. The molecular formula is C16H27NOS. The summed E-state index contributed by atoms with van der Waals surface area (Å²) in [6.07, 6.45) is 1.62. The normalized spacial score (nSPS) is 12.1. The highest BCUT2D eigenvalue weighted by Crippen LogP contribution is 2.26. The first-order valence-corrected chi connectivity index (χ1v) is 8.15. The van der Waals surface area contributed by atoms with E-state index in [9.17, 15) is 5.11 Å². The predicted octanol–water partition coefficient (Wildman–Crippen LogP) is 3.83. The van der Waals surface area contributed by atoms with Crippen LogP contribution in [0, 0.1) is 0 Å². The molecule has 0 heterocycles. The number of hydrogen-bond acceptors (Lipinski definition) is 3. The molecule has 0 bridgehead atoms. The van der Waals surface area contributed by atoms with E-state index in [-0.39, 0.29) is 0 Å². The second-order valence-electron chi connectivity index (χ2n) is 5.40. The van der Waals surface area contributed by atoms with Crippen LogP contribution in [0.3, 0.4) is 0 Å². The zero-order valence-electron chi connectivity index (χ0n) is 12.6. The Balaban J connectivity index is 2.48. The molecule has 1 rings (SSSR count). The van der Waals surface area contributed by atoms with E-state index in [0.717, 1.165) is 25.1 Å². The second-order valence-corrected chi connectivity index (χ2v) is 6.45. The lowest BCUT2D eigenvalue weighted by molar-refractivity contribution is 0.0572. The van der Waals surface area contributed by atoms with Crippen molar-refractivity contribution in [3.63, 3.8) is 0 Å². The molecule has 0 aromatic heterocycles. The van der Waals surface area contributed by atoms with Gasteiger partial charge in [-0.05, 0) is 30.5 Å². The average molecular weight is 281 g/mol. The van der Waals surface area contributed by atoms with Gasteiger partial charge in [-0.1, -0.05) is 39.8 Å². The number of rotatable bonds is 8. The van der Waals surface area contributed by atoms with Crippen LogP contribution in [-0.4, -0.2) is 22.5 Å². The smallest absolute Gasteiger partial charge is 0.0736 e. The molecule has 1 aromatic rings. The van der Waals surface area contributed by atoms with Crippen molar-refractivity contribution in [2.24, 2.45) is 0 Å². The second kappa shape index (κ2) is 7.93. The van der Waals surface area contributed by atoms with Gasteiger partial charge in [0.15, 0.2) is 0 Å². The van der Waals surface area contributed by atoms with Gasteiger partial charge >= 0.3 is 0 Å². The third-order valence-corrected chi connectivity index (χ3v) is 4.75. The molecular weight excluding hydrogens is 254 g/mol. The van der Waals surface area contributed by atoms with Crippen molar-refractivity contribution in [2.45, 2.75) is 63.6 Å². The van der Waals surface area contributed by atoms with Gasteiger partial charge in [0.25, 0.3) is 0 Å². The van der Waals surface area contributed by atoms with Crippen LogP contribution in [-0.2, 0) is 6.54 Å². The van der Waals surface area contributed by atoms with Crippen LogP contribution in [0.25, 0.3) is 0 Å². The standard InChI is InChI=1S/C16H27NOS/c1-5-16(18,6-2)12-19-15-9-7-14(8-10-15)11-17-13(3)4/h7-10,13,17-18H,5-6,11-12H2,1-4H3. The van der Waals surface area contributed by atoms with Crippen molar-refractivity contribution in [3.8, 4) is 0 Å². The van der Waals surface area contributed by atoms with E-state index in [4.69, 9.17) is 0 Å². The average Bonchev–Trinajstić information content (AvgIpc) is 2.43. The number of thioether (sulfide) groups is 1. The van der Waals surface area contributed by atoms with Crippen LogP contribution < -0.4 is 5.32 Å². The van der Waals surface area contributed by atoms with Gasteiger partial charge in [-0.3, -0.25) is 0 Å². The number of benzene rings is 1. The van der Waals surface area contributed by atoms with Crippen LogP contribution in [0.2, 0.25) is 0 Å². The fraction of sp³-hybridized carbons (Fsp3) is 0.625. The van der Waals surface area contributed by atoms with Crippen molar-refractivity contribution in [3.05, 3.63) is 29.8 Å². The summed E-state index contributed by atoms with van der Waals surface area (Å²) in [6.45, 7) is 9.31. The molecule has 0 atom stereocenters. The van der Waals surface area contributed by atoms with Gasteiger partial charge in [0, 0.05) is 23.2 Å². The van der Waals surface area contributed by atoms with Gasteiger partial charge in [0.05, 0.1) is 5.60 Å². The molecule has 2 nitrogen and oxygen atoms in total. The molecule has 1 aromatic carbocycles. The van der Waals surface area contributed by atoms with Gasteiger partial charge in [-0.2, -0.15) is 0 Å². The topological polar surface area (TPSA) is 32.3 Å². The Morgan fingerprint density at radius 2 is 1.74 bits per heavy atom. The predicted molar refractivity (Wildman–Crippen MR) is 84.7 cm³/mol. The van der Waals surface area contributed by atoms with Gasteiger partial charge in [-0.15, -0.1) is 11.8 Å². The summed E-state index contributed by atoms with van der Waals surface area (Å²) < 4.78 is 0. The molecule has 0 aliphatic rings. The van der Waals surface area contributed by atoms with E-state index >= 15 is 0 Å². The van der Waals surface area contributed by atoms with Crippen LogP contribution in [0.4, 0.5) is 0 Å². The zero-order chi connectivity index (χ0) is 14.3. The van der Waals surface area contributed by atoms with Gasteiger partial charge < -0.3 is 10.4 Å². The van der Waals surface area contributed by atoms with Crippen molar-refractivity contribution in [1.82, 2.24) is 5.32 Å². The molecule has 0 saturated carbocycles. The Labute approximate surface area is 122 Å². The molecule has 0 spiro atoms. The van der Waals surface area contributed by atoms with Crippen LogP contribution in [0.1, 0.15) is 46.1 Å². The molecule has 3 heteroatoms. The molecule has 108 valence electrons. The molecule has 19 heavy (non-hydrogen) atoms. The van der Waals surface area contributed by atoms with Gasteiger partial charge in [-0.25, -0.2) is 0 Å². The van der Waals surface area contributed by atoms with E-state index in [0.29, 0.717) is 6.04 Å². The number of aliphatic hydroxyl groups is 1. The van der Waals surface area contributed by atoms with E-state index in [1.54, 1.807) is 11.8 Å². The molecule has 0 radical (unpaired) electrons. The maximum Gasteiger partial charge on any atom is 0.0736 e. The minimum Gasteiger partial charge on any atom is -0.389 e. The quantitative estimate of drug-likeness (QED) is 0.710. The first kappa shape index (κ1) is 16.5. The summed E-state index contributed by atoms with van der Waals surface area (Å²) in [5.41, 5.74) is 0.780. The fourth-order valence-electron chi connectivity index (χ4n) is 1.70. The molecule has 0 aliphatic heterocycles. The lowest BCUT2D eigenvalue weighted by Gasteiger charge is -2.24. The Kier molecular flexibility index (Phi) is 6.90. The molecule has 0 amide bonds. The molecule has 2 N–H and O–H groups in total. The summed E-state index contributed by atoms with van der Waals surface area (Å²) >= 11 is 1.74. The van der Waals surface area contributed by atoms with E-state index in [2.05, 4.69) is 43.4 Å². The molecule has 0 fully saturated rings. The summed E-state index contributed by atoms with van der Waals surface area (Å²) in [6, 6.07) is 9.13. The maximum atomic E-state index is 10.3. The highest BCUT2D eigenvalue weighted by atomic mass is 32.2. The monoisotopic (exact) mass is 281 g/mol. The minimum atomic E-state index is -0.525. The first-order chi connectivity index (χ1) is 8.99. The van der Waals surface area contributed by atoms with Crippen molar-refractivity contribution >= 4 is 11.8 Å². The number of hydrogen-bond donors (Lipinski definition) is 2. The number of nitrogens with one attached hydrogen (secondary N) is 1. The third kappa shape index (κ3) is 5.98. The Morgan fingerprint density at radius 3 is 2.21 bits per heavy atom. The SMILES string of the molecule is CCC(O)(CC)CSc1ccc(CNC(C)C)cc1. The van der Waals surface area contributed by atoms with Crippen molar-refractivity contribution in [2.75, 3.05) is 5.75 Å². The van der Waals surface area contributed by atoms with Gasteiger partial charge in [0.2, 0.25) is 0 Å². The maximum absolute atomic E-state index is 10.3. The van der Waals surface area contributed by atoms with Gasteiger partial charge in [0.1, 0.15) is 0 Å². The zero-order valence-corrected chi connectivity index (χ0v) is 13.4. The molecule has 0 unspecified atom stereocenters. The largest absolute Gasteiger partial charge is 0.389 e. The summed E-state index contributed by atoms with van der Waals surface area (Å²) in [4.78, 5) is 1.23. The highest BCUT2D eigenvalue weighted by Gasteiger charge is 2.21. The van der Waals surface area contributed by atoms with E-state index in [1.807, 2.05) is 13.8 Å². The third-order valence-electron chi connectivity index (χ3n) is 3.46. The van der Waals surface area contributed by atoms with Crippen LogP contribution >= 0.6 is 11.8 Å². The van der Waals surface area contributed by atoms with E-state index < -0.39 is 5.60 Å². The first-order valence-electron chi connectivity index (χ1n) is 7.16. The van der Waals surface area contributed by atoms with Crippen LogP contribution in [0.5, 0.6) is 0 Å². The summed E-state index contributed by atoms with van der Waals surface area (Å²) in [5.74, 6) is 0.767. The minimum absolute atomic E-state index is 0.512. The fourth-order valence-corrected chi connectivity index (χ4v) is 2.87. The molecule has 0 saturated heterocycles. The van der Waals surface area contributed by atoms with Crippen LogP contribution in [0.15, 0.2) is 29.2 Å². The van der Waals surface area contributed by atoms with Crippen molar-refractivity contribution < 1.29 is 5.11 Å². The van der Waals surface area contributed by atoms with E-state index in [1.165, 1.54) is 10.5 Å². The molecule has 0 aliphatic carbocycles. The lowest BCUT2D eigenvalue weighted by atomic mass is 10.0. The Morgan fingerprint density at radius 1 is 1.16 bits per heavy atom. The summed E-state index contributed by atoms with van der Waals surface area (Å²) in [7, 11) is 0. The summed E-state index contributed by atoms with van der Waals surface area (Å²) in [5, 5.41) is 13.7.